The third-order valence-corrected chi connectivity index (χ3v) is 8.10. The summed E-state index contributed by atoms with van der Waals surface area (Å²) in [6, 6.07) is 0.100. The molecule has 4 rings (SSSR count). The van der Waals surface area contributed by atoms with Crippen LogP contribution in [0.4, 0.5) is 0 Å². The molecule has 0 radical (unpaired) electrons. The van der Waals surface area contributed by atoms with E-state index in [4.69, 9.17) is 4.74 Å². The van der Waals surface area contributed by atoms with Crippen LogP contribution in [0, 0.1) is 34.5 Å². The Kier molecular flexibility index (Phi) is 3.80. The molecule has 5 heteroatoms. The van der Waals surface area contributed by atoms with Gasteiger partial charge < -0.3 is 15.2 Å². The van der Waals surface area contributed by atoms with Crippen LogP contribution in [0.25, 0.3) is 0 Å². The van der Waals surface area contributed by atoms with Crippen LogP contribution in [0.5, 0.6) is 0 Å². The van der Waals surface area contributed by atoms with E-state index in [0.29, 0.717) is 18.3 Å². The lowest BCUT2D eigenvalue weighted by Crippen LogP contribution is -2.63. The smallest absolute Gasteiger partial charge is 0.309 e. The number of methoxy groups -OCH3 is 1. The van der Waals surface area contributed by atoms with Crippen molar-refractivity contribution in [3.63, 3.8) is 0 Å². The second kappa shape index (κ2) is 5.57. The molecular weight excluding hydrogens is 318 g/mol. The first-order valence-electron chi connectivity index (χ1n) is 9.57. The molecule has 3 aliphatic carbocycles. The van der Waals surface area contributed by atoms with E-state index in [-0.39, 0.29) is 40.6 Å². The number of esters is 1. The zero-order valence-electron chi connectivity index (χ0n) is 15.3. The first-order valence-corrected chi connectivity index (χ1v) is 9.57. The fraction of sp³-hybridized carbons (Fsp3) is 0.800. The minimum absolute atomic E-state index is 0.0253. The summed E-state index contributed by atoms with van der Waals surface area (Å²) in [5.74, 6) is 0.712. The molecule has 1 aliphatic heterocycles. The van der Waals surface area contributed by atoms with Crippen molar-refractivity contribution in [1.82, 2.24) is 5.32 Å². The Hall–Kier alpha value is -1.36. The van der Waals surface area contributed by atoms with Crippen LogP contribution < -0.4 is 5.32 Å². The van der Waals surface area contributed by atoms with Gasteiger partial charge in [0, 0.05) is 11.5 Å². The van der Waals surface area contributed by atoms with E-state index in [2.05, 4.69) is 19.2 Å². The molecule has 0 aromatic carbocycles. The second-order valence-corrected chi connectivity index (χ2v) is 9.06. The summed E-state index contributed by atoms with van der Waals surface area (Å²) >= 11 is 0. The zero-order chi connectivity index (χ0) is 18.0. The Balaban J connectivity index is 1.70. The van der Waals surface area contributed by atoms with E-state index in [1.54, 1.807) is 6.08 Å². The third kappa shape index (κ3) is 2.24. The molecule has 0 spiro atoms. The van der Waals surface area contributed by atoms with Gasteiger partial charge in [0.15, 0.2) is 0 Å². The molecule has 5 nitrogen and oxygen atoms in total. The predicted molar refractivity (Wildman–Crippen MR) is 92.4 cm³/mol. The highest BCUT2D eigenvalue weighted by atomic mass is 16.5. The Morgan fingerprint density at radius 1 is 1.28 bits per heavy atom. The van der Waals surface area contributed by atoms with Gasteiger partial charge in [-0.25, -0.2) is 0 Å². The van der Waals surface area contributed by atoms with Crippen LogP contribution in [0.2, 0.25) is 0 Å². The molecule has 0 aromatic heterocycles. The second-order valence-electron chi connectivity index (χ2n) is 9.06. The van der Waals surface area contributed by atoms with Gasteiger partial charge in [-0.3, -0.25) is 9.59 Å². The lowest BCUT2D eigenvalue weighted by molar-refractivity contribution is -0.163. The number of hydrogen-bond donors (Lipinski definition) is 2. The molecular formula is C20H29NO4. The van der Waals surface area contributed by atoms with Crippen molar-refractivity contribution in [3.05, 3.63) is 12.2 Å². The normalized spacial score (nSPS) is 51.1. The molecule has 8 atom stereocenters. The van der Waals surface area contributed by atoms with Gasteiger partial charge in [-0.05, 0) is 61.3 Å². The lowest BCUT2D eigenvalue weighted by Gasteiger charge is -2.60. The number of amides is 1. The fourth-order valence-corrected chi connectivity index (χ4v) is 6.99. The van der Waals surface area contributed by atoms with E-state index in [1.807, 2.05) is 6.08 Å². The van der Waals surface area contributed by atoms with Gasteiger partial charge in [-0.2, -0.15) is 0 Å². The Bertz CT molecular complexity index is 631. The van der Waals surface area contributed by atoms with Gasteiger partial charge in [0.2, 0.25) is 5.91 Å². The number of ether oxygens (including phenoxy) is 1. The molecule has 0 saturated heterocycles. The van der Waals surface area contributed by atoms with Crippen LogP contribution in [-0.2, 0) is 14.3 Å². The van der Waals surface area contributed by atoms with Crippen molar-refractivity contribution in [2.75, 3.05) is 7.11 Å². The van der Waals surface area contributed by atoms with Crippen molar-refractivity contribution in [2.45, 2.75) is 58.1 Å². The maximum atomic E-state index is 12.3. The van der Waals surface area contributed by atoms with Crippen LogP contribution >= 0.6 is 0 Å². The van der Waals surface area contributed by atoms with E-state index in [9.17, 15) is 14.7 Å². The van der Waals surface area contributed by atoms with Crippen molar-refractivity contribution >= 4 is 11.9 Å². The van der Waals surface area contributed by atoms with Gasteiger partial charge in [0.05, 0.1) is 19.1 Å². The summed E-state index contributed by atoms with van der Waals surface area (Å²) in [4.78, 5) is 24.1. The van der Waals surface area contributed by atoms with E-state index >= 15 is 0 Å². The molecule has 1 heterocycles. The molecule has 3 fully saturated rings. The van der Waals surface area contributed by atoms with Crippen LogP contribution in [-0.4, -0.2) is 36.2 Å². The number of rotatable bonds is 1. The van der Waals surface area contributed by atoms with Crippen molar-refractivity contribution in [3.8, 4) is 0 Å². The summed E-state index contributed by atoms with van der Waals surface area (Å²) in [7, 11) is 1.46. The number of carbonyl (C=O) groups is 2. The molecule has 0 bridgehead atoms. The summed E-state index contributed by atoms with van der Waals surface area (Å²) < 4.78 is 5.06. The van der Waals surface area contributed by atoms with Gasteiger partial charge in [0.1, 0.15) is 0 Å². The number of hydrogen-bond acceptors (Lipinski definition) is 4. The van der Waals surface area contributed by atoms with Gasteiger partial charge in [0.25, 0.3) is 0 Å². The number of carbonyl (C=O) groups excluding carboxylic acids is 2. The maximum absolute atomic E-state index is 12.3. The molecule has 4 aliphatic rings. The van der Waals surface area contributed by atoms with Crippen molar-refractivity contribution in [1.29, 1.82) is 0 Å². The Labute approximate surface area is 149 Å². The van der Waals surface area contributed by atoms with E-state index in [0.717, 1.165) is 25.7 Å². The minimum Gasteiger partial charge on any atom is -0.469 e. The summed E-state index contributed by atoms with van der Waals surface area (Å²) in [5, 5.41) is 14.3. The highest BCUT2D eigenvalue weighted by molar-refractivity contribution is 5.89. The first kappa shape index (κ1) is 17.1. The van der Waals surface area contributed by atoms with E-state index < -0.39 is 6.10 Å². The molecule has 2 N–H and O–H groups in total. The number of aliphatic hydroxyl groups is 1. The standard InChI is InChI=1S/C20H29NO4/c1-19-9-8-16(23)21-15(19)7-4-11-12-5-6-13(18(24)25-3)20(12,2)10-14(22)17(11)19/h8-9,11-15,17,22H,4-7,10H2,1-3H3,(H,21,23)/t11-,12-,13+,14+,15+,17+,19-,20-/m0/s1. The van der Waals surface area contributed by atoms with Gasteiger partial charge in [-0.1, -0.05) is 19.9 Å². The highest BCUT2D eigenvalue weighted by Crippen LogP contribution is 2.65. The zero-order valence-corrected chi connectivity index (χ0v) is 15.3. The quantitative estimate of drug-likeness (QED) is 0.712. The fourth-order valence-electron chi connectivity index (χ4n) is 6.99. The monoisotopic (exact) mass is 347 g/mol. The maximum Gasteiger partial charge on any atom is 0.309 e. The Morgan fingerprint density at radius 3 is 2.76 bits per heavy atom. The Morgan fingerprint density at radius 2 is 2.04 bits per heavy atom. The van der Waals surface area contributed by atoms with Crippen molar-refractivity contribution in [2.24, 2.45) is 34.5 Å². The summed E-state index contributed by atoms with van der Waals surface area (Å²) in [6.45, 7) is 4.36. The highest BCUT2D eigenvalue weighted by Gasteiger charge is 2.63. The molecule has 0 unspecified atom stereocenters. The van der Waals surface area contributed by atoms with Gasteiger partial charge >= 0.3 is 5.97 Å². The number of fused-ring (bicyclic) bond motifs is 5. The average molecular weight is 347 g/mol. The van der Waals surface area contributed by atoms with Crippen LogP contribution in [0.3, 0.4) is 0 Å². The van der Waals surface area contributed by atoms with E-state index in [1.165, 1.54) is 7.11 Å². The average Bonchev–Trinajstić information content (AvgIpc) is 2.91. The van der Waals surface area contributed by atoms with Crippen LogP contribution in [0.1, 0.15) is 46.0 Å². The summed E-state index contributed by atoms with van der Waals surface area (Å²) in [6.07, 6.45) is 7.68. The molecule has 3 saturated carbocycles. The third-order valence-electron chi connectivity index (χ3n) is 8.10. The summed E-state index contributed by atoms with van der Waals surface area (Å²) in [5.41, 5.74) is -0.389. The van der Waals surface area contributed by atoms with Crippen LogP contribution in [0.15, 0.2) is 12.2 Å². The number of aliphatic hydroxyl groups excluding tert-OH is 1. The van der Waals surface area contributed by atoms with Crippen molar-refractivity contribution < 1.29 is 19.4 Å². The molecule has 1 amide bonds. The largest absolute Gasteiger partial charge is 0.469 e. The topological polar surface area (TPSA) is 75.6 Å². The predicted octanol–water partition coefficient (Wildman–Crippen LogP) is 2.04. The SMILES string of the molecule is COC(=O)[C@H]1CC[C@H]2[C@@H]3CC[C@H]4NC(=O)C=C[C@]4(C)[C@H]3[C@H](O)C[C@]12C. The minimum atomic E-state index is -0.455. The first-order chi connectivity index (χ1) is 11.8. The lowest BCUT2D eigenvalue weighted by atomic mass is 9.47. The van der Waals surface area contributed by atoms with Gasteiger partial charge in [-0.15, -0.1) is 0 Å². The molecule has 25 heavy (non-hydrogen) atoms. The molecule has 138 valence electrons. The number of nitrogens with one attached hydrogen (secondary N) is 1. The molecule has 0 aromatic rings.